The van der Waals surface area contributed by atoms with Crippen LogP contribution < -0.4 is 9.47 Å². The zero-order chi connectivity index (χ0) is 18.6. The van der Waals surface area contributed by atoms with E-state index in [4.69, 9.17) is 9.47 Å². The van der Waals surface area contributed by atoms with Crippen molar-refractivity contribution in [3.8, 4) is 11.6 Å². The van der Waals surface area contributed by atoms with Crippen molar-refractivity contribution in [3.63, 3.8) is 0 Å². The lowest BCUT2D eigenvalue weighted by atomic mass is 10.1. The maximum Gasteiger partial charge on any atom is 0.243 e. The Balaban J connectivity index is 1.75. The van der Waals surface area contributed by atoms with E-state index >= 15 is 0 Å². The second-order valence-corrected chi connectivity index (χ2v) is 8.09. The first kappa shape index (κ1) is 18.6. The predicted molar refractivity (Wildman–Crippen MR) is 96.8 cm³/mol. The minimum absolute atomic E-state index is 0.237. The number of hydrogen-bond donors (Lipinski definition) is 0. The van der Waals surface area contributed by atoms with Crippen LogP contribution in [0.25, 0.3) is 0 Å². The molecule has 1 aromatic carbocycles. The van der Waals surface area contributed by atoms with E-state index in [2.05, 4.69) is 9.97 Å². The Kier molecular flexibility index (Phi) is 5.73. The molecule has 26 heavy (non-hydrogen) atoms. The van der Waals surface area contributed by atoms with Crippen molar-refractivity contribution in [2.24, 2.45) is 0 Å². The van der Waals surface area contributed by atoms with Crippen molar-refractivity contribution < 1.29 is 17.9 Å². The SMILES string of the molecule is CCOc1ccc(S(=O)(=O)N2CCCC(Oc3cnccn3)C2)cc1C. The summed E-state index contributed by atoms with van der Waals surface area (Å²) < 4.78 is 38.8. The van der Waals surface area contributed by atoms with E-state index in [9.17, 15) is 8.42 Å². The molecule has 1 aliphatic heterocycles. The van der Waals surface area contributed by atoms with Crippen LogP contribution in [0.4, 0.5) is 0 Å². The molecule has 7 nitrogen and oxygen atoms in total. The Morgan fingerprint density at radius 2 is 2.15 bits per heavy atom. The Bertz CT molecular complexity index is 843. The minimum Gasteiger partial charge on any atom is -0.494 e. The average Bonchev–Trinajstić information content (AvgIpc) is 2.64. The van der Waals surface area contributed by atoms with Gasteiger partial charge in [-0.1, -0.05) is 0 Å². The molecule has 2 heterocycles. The fourth-order valence-electron chi connectivity index (χ4n) is 2.99. The van der Waals surface area contributed by atoms with Crippen LogP contribution in [0.5, 0.6) is 11.6 Å². The summed E-state index contributed by atoms with van der Waals surface area (Å²) in [4.78, 5) is 8.33. The summed E-state index contributed by atoms with van der Waals surface area (Å²) in [6.45, 7) is 5.07. The number of aromatic nitrogens is 2. The van der Waals surface area contributed by atoms with E-state index in [-0.39, 0.29) is 11.0 Å². The number of piperidine rings is 1. The smallest absolute Gasteiger partial charge is 0.243 e. The van der Waals surface area contributed by atoms with E-state index in [1.165, 1.54) is 10.5 Å². The summed E-state index contributed by atoms with van der Waals surface area (Å²) in [7, 11) is -3.58. The molecule has 140 valence electrons. The maximum absolute atomic E-state index is 13.0. The number of ether oxygens (including phenoxy) is 2. The van der Waals surface area contributed by atoms with Gasteiger partial charge in [0.15, 0.2) is 0 Å². The molecule has 0 bridgehead atoms. The molecule has 8 heteroatoms. The van der Waals surface area contributed by atoms with Gasteiger partial charge in [-0.2, -0.15) is 4.31 Å². The molecular formula is C18H23N3O4S. The molecule has 1 unspecified atom stereocenters. The number of benzene rings is 1. The van der Waals surface area contributed by atoms with Crippen LogP contribution in [0.2, 0.25) is 0 Å². The molecule has 2 aromatic rings. The third-order valence-electron chi connectivity index (χ3n) is 4.25. The van der Waals surface area contributed by atoms with Gasteiger partial charge in [0.25, 0.3) is 0 Å². The van der Waals surface area contributed by atoms with Crippen molar-refractivity contribution in [2.75, 3.05) is 19.7 Å². The first-order chi connectivity index (χ1) is 12.5. The Morgan fingerprint density at radius 1 is 1.31 bits per heavy atom. The Morgan fingerprint density at radius 3 is 2.85 bits per heavy atom. The summed E-state index contributed by atoms with van der Waals surface area (Å²) in [5, 5.41) is 0. The molecule has 0 aliphatic carbocycles. The van der Waals surface area contributed by atoms with Crippen molar-refractivity contribution in [2.45, 2.75) is 37.7 Å². The molecular weight excluding hydrogens is 354 g/mol. The summed E-state index contributed by atoms with van der Waals surface area (Å²) in [5.41, 5.74) is 0.803. The minimum atomic E-state index is -3.58. The molecule has 1 saturated heterocycles. The Hall–Kier alpha value is -2.19. The lowest BCUT2D eigenvalue weighted by Crippen LogP contribution is -2.44. The average molecular weight is 377 g/mol. The molecule has 0 radical (unpaired) electrons. The van der Waals surface area contributed by atoms with Gasteiger partial charge in [-0.25, -0.2) is 13.4 Å². The van der Waals surface area contributed by atoms with Crippen molar-refractivity contribution in [1.82, 2.24) is 14.3 Å². The Labute approximate surface area is 154 Å². The van der Waals surface area contributed by atoms with E-state index in [0.717, 1.165) is 18.4 Å². The zero-order valence-corrected chi connectivity index (χ0v) is 15.8. The van der Waals surface area contributed by atoms with Gasteiger partial charge in [0.2, 0.25) is 15.9 Å². The molecule has 1 aliphatic rings. The van der Waals surface area contributed by atoms with Crippen molar-refractivity contribution in [1.29, 1.82) is 0 Å². The summed E-state index contributed by atoms with van der Waals surface area (Å²) in [5.74, 6) is 1.11. The van der Waals surface area contributed by atoms with Crippen LogP contribution >= 0.6 is 0 Å². The fourth-order valence-corrected chi connectivity index (χ4v) is 4.58. The summed E-state index contributed by atoms with van der Waals surface area (Å²) in [6, 6.07) is 4.97. The topological polar surface area (TPSA) is 81.6 Å². The number of sulfonamides is 1. The van der Waals surface area contributed by atoms with Crippen molar-refractivity contribution >= 4 is 10.0 Å². The maximum atomic E-state index is 13.0. The molecule has 0 amide bonds. The lowest BCUT2D eigenvalue weighted by Gasteiger charge is -2.31. The standard InChI is InChI=1S/C18H23N3O4S/c1-3-24-17-7-6-16(11-14(17)2)26(22,23)21-10-4-5-15(13-21)25-18-12-19-8-9-20-18/h6-9,11-12,15H,3-5,10,13H2,1-2H3. The molecule has 0 spiro atoms. The number of aryl methyl sites for hydroxylation is 1. The second kappa shape index (κ2) is 8.01. The fraction of sp³-hybridized carbons (Fsp3) is 0.444. The van der Waals surface area contributed by atoms with Gasteiger partial charge in [0.1, 0.15) is 11.9 Å². The first-order valence-electron chi connectivity index (χ1n) is 8.67. The third kappa shape index (κ3) is 4.13. The van der Waals surface area contributed by atoms with Gasteiger partial charge >= 0.3 is 0 Å². The molecule has 1 aromatic heterocycles. The van der Waals surface area contributed by atoms with Gasteiger partial charge in [-0.05, 0) is 50.5 Å². The van der Waals surface area contributed by atoms with Gasteiger partial charge < -0.3 is 9.47 Å². The second-order valence-electron chi connectivity index (χ2n) is 6.15. The van der Waals surface area contributed by atoms with Crippen LogP contribution in [-0.4, -0.2) is 48.5 Å². The number of rotatable bonds is 6. The van der Waals surface area contributed by atoms with Crippen LogP contribution in [0.1, 0.15) is 25.3 Å². The van der Waals surface area contributed by atoms with E-state index in [1.54, 1.807) is 30.6 Å². The van der Waals surface area contributed by atoms with Gasteiger partial charge in [-0.3, -0.25) is 4.98 Å². The highest BCUT2D eigenvalue weighted by atomic mass is 32.2. The van der Waals surface area contributed by atoms with Gasteiger partial charge in [-0.15, -0.1) is 0 Å². The lowest BCUT2D eigenvalue weighted by molar-refractivity contribution is 0.124. The highest BCUT2D eigenvalue weighted by Crippen LogP contribution is 2.26. The third-order valence-corrected chi connectivity index (χ3v) is 6.11. The zero-order valence-electron chi connectivity index (χ0n) is 15.0. The molecule has 1 fully saturated rings. The monoisotopic (exact) mass is 377 g/mol. The normalized spacial score (nSPS) is 18.5. The van der Waals surface area contributed by atoms with Crippen molar-refractivity contribution in [3.05, 3.63) is 42.4 Å². The molecule has 1 atom stereocenters. The summed E-state index contributed by atoms with van der Waals surface area (Å²) in [6.07, 6.45) is 5.93. The molecule has 0 saturated carbocycles. The molecule has 0 N–H and O–H groups in total. The van der Waals surface area contributed by atoms with E-state index in [0.29, 0.717) is 31.3 Å². The largest absolute Gasteiger partial charge is 0.494 e. The number of hydrogen-bond acceptors (Lipinski definition) is 6. The van der Waals surface area contributed by atoms with E-state index in [1.807, 2.05) is 13.8 Å². The van der Waals surface area contributed by atoms with Gasteiger partial charge in [0, 0.05) is 18.9 Å². The van der Waals surface area contributed by atoms with Gasteiger partial charge in [0.05, 0.1) is 24.2 Å². The highest BCUT2D eigenvalue weighted by Gasteiger charge is 2.31. The number of nitrogens with zero attached hydrogens (tertiary/aromatic N) is 3. The van der Waals surface area contributed by atoms with Crippen LogP contribution in [0.15, 0.2) is 41.7 Å². The quantitative estimate of drug-likeness (QED) is 0.769. The predicted octanol–water partition coefficient (Wildman–Crippen LogP) is 2.42. The first-order valence-corrected chi connectivity index (χ1v) is 10.1. The van der Waals surface area contributed by atoms with E-state index < -0.39 is 10.0 Å². The van der Waals surface area contributed by atoms with Crippen LogP contribution in [0.3, 0.4) is 0 Å². The highest BCUT2D eigenvalue weighted by molar-refractivity contribution is 7.89. The molecule has 3 rings (SSSR count). The summed E-state index contributed by atoms with van der Waals surface area (Å²) >= 11 is 0. The van der Waals surface area contributed by atoms with Crippen LogP contribution in [-0.2, 0) is 10.0 Å². The van der Waals surface area contributed by atoms with Crippen LogP contribution in [0, 0.1) is 6.92 Å².